The summed E-state index contributed by atoms with van der Waals surface area (Å²) in [4.78, 5) is 17.3. The van der Waals surface area contributed by atoms with Crippen LogP contribution in [0.4, 0.5) is 11.5 Å². The molecular formula is C21H23ClN6S. The van der Waals surface area contributed by atoms with Crippen molar-refractivity contribution in [2.75, 3.05) is 29.9 Å². The molecule has 8 heteroatoms. The molecule has 6 nitrogen and oxygen atoms in total. The fourth-order valence-electron chi connectivity index (χ4n) is 3.74. The first kappa shape index (κ1) is 19.8. The van der Waals surface area contributed by atoms with Crippen molar-refractivity contribution in [2.45, 2.75) is 19.9 Å². The third-order valence-electron chi connectivity index (χ3n) is 5.27. The van der Waals surface area contributed by atoms with Crippen LogP contribution in [0, 0.1) is 5.92 Å². The van der Waals surface area contributed by atoms with Gasteiger partial charge in [0, 0.05) is 43.1 Å². The molecule has 1 saturated heterocycles. The highest BCUT2D eigenvalue weighted by Crippen LogP contribution is 2.25. The molecule has 1 aromatic carbocycles. The highest BCUT2D eigenvalue weighted by Gasteiger charge is 2.31. The van der Waals surface area contributed by atoms with E-state index in [0.717, 1.165) is 47.2 Å². The van der Waals surface area contributed by atoms with Gasteiger partial charge in [-0.25, -0.2) is 9.97 Å². The third kappa shape index (κ3) is 4.26. The summed E-state index contributed by atoms with van der Waals surface area (Å²) in [5.41, 5.74) is 1.93. The van der Waals surface area contributed by atoms with Crippen molar-refractivity contribution in [1.82, 2.24) is 19.9 Å². The predicted molar refractivity (Wildman–Crippen MR) is 123 cm³/mol. The smallest absolute Gasteiger partial charge is 0.224 e. The molecule has 0 aliphatic carbocycles. The van der Waals surface area contributed by atoms with Crippen LogP contribution in [0.3, 0.4) is 0 Å². The van der Waals surface area contributed by atoms with Crippen LogP contribution in [0.25, 0.3) is 10.9 Å². The third-order valence-corrected chi connectivity index (χ3v) is 5.79. The van der Waals surface area contributed by atoms with E-state index < -0.39 is 0 Å². The lowest BCUT2D eigenvalue weighted by molar-refractivity contribution is 0.227. The number of fused-ring (bicyclic) bond motifs is 1. The highest BCUT2D eigenvalue weighted by atomic mass is 35.5. The van der Waals surface area contributed by atoms with Gasteiger partial charge < -0.3 is 15.1 Å². The zero-order valence-corrected chi connectivity index (χ0v) is 18.0. The van der Waals surface area contributed by atoms with Crippen LogP contribution < -0.4 is 10.2 Å². The number of rotatable bonds is 3. The standard InChI is InChI=1S/C21H23ClN6S/c1-14(2)18-13-27(19-8-10-24-20(22)26-19)11-12-28(18)21(29)25-17-7-3-6-16-15(17)5-4-9-23-16/h3-10,14,18H,11-13H2,1-2H3,(H,25,29). The molecule has 0 radical (unpaired) electrons. The molecule has 3 heterocycles. The SMILES string of the molecule is CC(C)C1CN(c2ccnc(Cl)n2)CCN1C(=S)Nc1cccc2ncccc12. The Labute approximate surface area is 180 Å². The van der Waals surface area contributed by atoms with Crippen LogP contribution in [-0.4, -0.2) is 50.6 Å². The zero-order chi connectivity index (χ0) is 20.4. The van der Waals surface area contributed by atoms with Crippen molar-refractivity contribution in [2.24, 2.45) is 5.92 Å². The average Bonchev–Trinajstić information content (AvgIpc) is 2.73. The van der Waals surface area contributed by atoms with Gasteiger partial charge in [0.15, 0.2) is 5.11 Å². The van der Waals surface area contributed by atoms with Crippen LogP contribution in [-0.2, 0) is 0 Å². The van der Waals surface area contributed by atoms with Gasteiger partial charge in [-0.15, -0.1) is 0 Å². The molecule has 0 bridgehead atoms. The fourth-order valence-corrected chi connectivity index (χ4v) is 4.22. The van der Waals surface area contributed by atoms with E-state index in [4.69, 9.17) is 23.8 Å². The molecule has 1 atom stereocenters. The van der Waals surface area contributed by atoms with E-state index in [1.807, 2.05) is 30.3 Å². The summed E-state index contributed by atoms with van der Waals surface area (Å²) in [6, 6.07) is 12.2. The number of hydrogen-bond acceptors (Lipinski definition) is 5. The number of nitrogens with one attached hydrogen (secondary N) is 1. The van der Waals surface area contributed by atoms with Gasteiger partial charge in [-0.1, -0.05) is 19.9 Å². The molecule has 3 aromatic rings. The number of benzene rings is 1. The Bertz CT molecular complexity index is 1020. The first-order valence-electron chi connectivity index (χ1n) is 9.68. The summed E-state index contributed by atoms with van der Waals surface area (Å²) >= 11 is 11.8. The molecule has 1 N–H and O–H groups in total. The number of thiocarbonyl (C=S) groups is 1. The molecule has 150 valence electrons. The van der Waals surface area contributed by atoms with Gasteiger partial charge in [0.05, 0.1) is 11.6 Å². The van der Waals surface area contributed by atoms with Crippen LogP contribution in [0.15, 0.2) is 48.8 Å². The van der Waals surface area contributed by atoms with Gasteiger partial charge in [-0.3, -0.25) is 4.98 Å². The van der Waals surface area contributed by atoms with E-state index >= 15 is 0 Å². The van der Waals surface area contributed by atoms with E-state index in [0.29, 0.717) is 5.92 Å². The van der Waals surface area contributed by atoms with Crippen molar-refractivity contribution < 1.29 is 0 Å². The van der Waals surface area contributed by atoms with Gasteiger partial charge in [-0.2, -0.15) is 0 Å². The van der Waals surface area contributed by atoms with Crippen molar-refractivity contribution in [3.8, 4) is 0 Å². The number of anilines is 2. The molecule has 0 saturated carbocycles. The average molecular weight is 427 g/mol. The second kappa shape index (κ2) is 8.47. The number of pyridine rings is 1. The summed E-state index contributed by atoms with van der Waals surface area (Å²) in [7, 11) is 0. The summed E-state index contributed by atoms with van der Waals surface area (Å²) in [6.45, 7) is 6.88. The van der Waals surface area contributed by atoms with Gasteiger partial charge in [-0.05, 0) is 60.1 Å². The minimum absolute atomic E-state index is 0.255. The Morgan fingerprint density at radius 1 is 1.14 bits per heavy atom. The molecule has 1 aliphatic heterocycles. The van der Waals surface area contributed by atoms with Gasteiger partial charge >= 0.3 is 0 Å². The predicted octanol–water partition coefficient (Wildman–Crippen LogP) is 4.22. The summed E-state index contributed by atoms with van der Waals surface area (Å²) in [5.74, 6) is 1.28. The second-order valence-electron chi connectivity index (χ2n) is 7.44. The largest absolute Gasteiger partial charge is 0.353 e. The first-order valence-corrected chi connectivity index (χ1v) is 10.5. The van der Waals surface area contributed by atoms with E-state index in [2.05, 4.69) is 50.0 Å². The van der Waals surface area contributed by atoms with Crippen LogP contribution >= 0.6 is 23.8 Å². The fraction of sp³-hybridized carbons (Fsp3) is 0.333. The van der Waals surface area contributed by atoms with Crippen molar-refractivity contribution in [3.63, 3.8) is 0 Å². The van der Waals surface area contributed by atoms with E-state index in [1.165, 1.54) is 0 Å². The monoisotopic (exact) mass is 426 g/mol. The Balaban J connectivity index is 1.53. The Hall–Kier alpha value is -2.51. The quantitative estimate of drug-likeness (QED) is 0.497. The molecule has 0 spiro atoms. The van der Waals surface area contributed by atoms with Crippen molar-refractivity contribution in [1.29, 1.82) is 0 Å². The molecule has 1 aliphatic rings. The van der Waals surface area contributed by atoms with E-state index in [9.17, 15) is 0 Å². The maximum atomic E-state index is 5.98. The summed E-state index contributed by atoms with van der Waals surface area (Å²) in [6.07, 6.45) is 3.50. The summed E-state index contributed by atoms with van der Waals surface area (Å²) < 4.78 is 0. The van der Waals surface area contributed by atoms with E-state index in [1.54, 1.807) is 12.4 Å². The minimum atomic E-state index is 0.255. The molecule has 1 unspecified atom stereocenters. The highest BCUT2D eigenvalue weighted by molar-refractivity contribution is 7.80. The molecule has 29 heavy (non-hydrogen) atoms. The van der Waals surface area contributed by atoms with Crippen LogP contribution in [0.1, 0.15) is 13.8 Å². The maximum Gasteiger partial charge on any atom is 0.224 e. The number of nitrogens with zero attached hydrogens (tertiary/aromatic N) is 5. The number of piperazine rings is 1. The molecular weight excluding hydrogens is 404 g/mol. The lowest BCUT2D eigenvalue weighted by Crippen LogP contribution is -2.58. The second-order valence-corrected chi connectivity index (χ2v) is 8.17. The van der Waals surface area contributed by atoms with Crippen LogP contribution in [0.5, 0.6) is 0 Å². The Morgan fingerprint density at radius 3 is 2.79 bits per heavy atom. The Kier molecular flexibility index (Phi) is 5.78. The molecule has 0 amide bonds. The molecule has 4 rings (SSSR count). The topological polar surface area (TPSA) is 57.2 Å². The zero-order valence-electron chi connectivity index (χ0n) is 16.4. The van der Waals surface area contributed by atoms with Gasteiger partial charge in [0.2, 0.25) is 5.28 Å². The normalized spacial score (nSPS) is 17.0. The molecule has 1 fully saturated rings. The van der Waals surface area contributed by atoms with Crippen LogP contribution in [0.2, 0.25) is 5.28 Å². The maximum absolute atomic E-state index is 5.98. The number of hydrogen-bond donors (Lipinski definition) is 1. The van der Waals surface area contributed by atoms with Crippen molar-refractivity contribution >= 4 is 51.3 Å². The number of aromatic nitrogens is 3. The summed E-state index contributed by atoms with van der Waals surface area (Å²) in [5, 5.41) is 5.53. The molecule has 2 aromatic heterocycles. The minimum Gasteiger partial charge on any atom is -0.353 e. The Morgan fingerprint density at radius 2 is 2.00 bits per heavy atom. The van der Waals surface area contributed by atoms with Crippen molar-refractivity contribution in [3.05, 3.63) is 54.1 Å². The lowest BCUT2D eigenvalue weighted by atomic mass is 10.00. The van der Waals surface area contributed by atoms with E-state index in [-0.39, 0.29) is 11.3 Å². The first-order chi connectivity index (χ1) is 14.0. The van der Waals surface area contributed by atoms with Gasteiger partial charge in [0.1, 0.15) is 5.82 Å². The van der Waals surface area contributed by atoms with Gasteiger partial charge in [0.25, 0.3) is 0 Å². The number of halogens is 1. The lowest BCUT2D eigenvalue weighted by Gasteiger charge is -2.45.